The molecule has 4 rings (SSSR count). The molecule has 1 atom stereocenters. The Morgan fingerprint density at radius 3 is 2.89 bits per heavy atom. The van der Waals surface area contributed by atoms with Gasteiger partial charge in [0.2, 0.25) is 5.88 Å². The number of amides is 1. The van der Waals surface area contributed by atoms with Crippen LogP contribution in [0, 0.1) is 12.8 Å². The zero-order valence-electron chi connectivity index (χ0n) is 15.8. The van der Waals surface area contributed by atoms with Crippen LogP contribution in [0.3, 0.4) is 0 Å². The SMILES string of the molecule is CCOc1cccc(-c2cc(C)n3cnc(C(=O)N[C@@H](C)C4CC4)c3n2)n1. The van der Waals surface area contributed by atoms with Crippen LogP contribution in [0.2, 0.25) is 0 Å². The number of hydrogen-bond donors (Lipinski definition) is 1. The molecule has 1 amide bonds. The van der Waals surface area contributed by atoms with Gasteiger partial charge in [-0.2, -0.15) is 0 Å². The summed E-state index contributed by atoms with van der Waals surface area (Å²) in [4.78, 5) is 26.2. The molecule has 7 heteroatoms. The molecule has 140 valence electrons. The fraction of sp³-hybridized carbons (Fsp3) is 0.400. The zero-order chi connectivity index (χ0) is 19.0. The number of carbonyl (C=O) groups excluding carboxylic acids is 1. The maximum absolute atomic E-state index is 12.7. The van der Waals surface area contributed by atoms with Crippen molar-refractivity contribution in [3.05, 3.63) is 42.0 Å². The van der Waals surface area contributed by atoms with Crippen molar-refractivity contribution in [2.24, 2.45) is 5.92 Å². The number of pyridine rings is 1. The molecule has 27 heavy (non-hydrogen) atoms. The first kappa shape index (κ1) is 17.5. The van der Waals surface area contributed by atoms with Crippen molar-refractivity contribution < 1.29 is 9.53 Å². The lowest BCUT2D eigenvalue weighted by atomic mass is 10.2. The molecule has 0 bridgehead atoms. The van der Waals surface area contributed by atoms with E-state index < -0.39 is 0 Å². The number of aryl methyl sites for hydroxylation is 1. The topological polar surface area (TPSA) is 81.4 Å². The third-order valence-electron chi connectivity index (χ3n) is 4.88. The number of nitrogens with one attached hydrogen (secondary N) is 1. The van der Waals surface area contributed by atoms with E-state index in [1.54, 1.807) is 6.33 Å². The Labute approximate surface area is 157 Å². The molecule has 0 spiro atoms. The molecule has 0 aromatic carbocycles. The van der Waals surface area contributed by atoms with Gasteiger partial charge < -0.3 is 10.1 Å². The number of fused-ring (bicyclic) bond motifs is 1. The van der Waals surface area contributed by atoms with Crippen LogP contribution in [0.4, 0.5) is 0 Å². The Kier molecular flexibility index (Phi) is 4.51. The number of imidazole rings is 1. The first-order valence-electron chi connectivity index (χ1n) is 9.32. The van der Waals surface area contributed by atoms with E-state index in [1.165, 1.54) is 12.8 Å². The minimum atomic E-state index is -0.183. The van der Waals surface area contributed by atoms with Gasteiger partial charge in [0, 0.05) is 17.8 Å². The quantitative estimate of drug-likeness (QED) is 0.726. The predicted molar refractivity (Wildman–Crippen MR) is 102 cm³/mol. The molecule has 1 N–H and O–H groups in total. The van der Waals surface area contributed by atoms with E-state index in [1.807, 2.05) is 49.4 Å². The summed E-state index contributed by atoms with van der Waals surface area (Å²) in [6, 6.07) is 7.67. The monoisotopic (exact) mass is 365 g/mol. The third-order valence-corrected chi connectivity index (χ3v) is 4.88. The summed E-state index contributed by atoms with van der Waals surface area (Å²) in [5.74, 6) is 0.953. The van der Waals surface area contributed by atoms with Gasteiger partial charge in [-0.3, -0.25) is 9.20 Å². The number of nitrogens with zero attached hydrogens (tertiary/aromatic N) is 4. The Balaban J connectivity index is 1.71. The normalized spacial score (nSPS) is 14.9. The Bertz CT molecular complexity index is 993. The van der Waals surface area contributed by atoms with Crippen LogP contribution in [0.5, 0.6) is 5.88 Å². The highest BCUT2D eigenvalue weighted by atomic mass is 16.5. The summed E-state index contributed by atoms with van der Waals surface area (Å²) in [6.45, 7) is 6.47. The molecule has 3 heterocycles. The minimum absolute atomic E-state index is 0.156. The van der Waals surface area contributed by atoms with Crippen molar-refractivity contribution in [3.8, 4) is 17.3 Å². The summed E-state index contributed by atoms with van der Waals surface area (Å²) in [5, 5.41) is 3.05. The van der Waals surface area contributed by atoms with Crippen LogP contribution in [0.1, 0.15) is 42.9 Å². The fourth-order valence-corrected chi connectivity index (χ4v) is 3.19. The second kappa shape index (κ2) is 6.98. The molecule has 3 aromatic rings. The molecule has 1 fully saturated rings. The largest absolute Gasteiger partial charge is 0.478 e. The van der Waals surface area contributed by atoms with Crippen LogP contribution in [0.15, 0.2) is 30.6 Å². The molecule has 1 aliphatic rings. The molecule has 1 saturated carbocycles. The number of ether oxygens (including phenoxy) is 1. The van der Waals surface area contributed by atoms with E-state index in [-0.39, 0.29) is 11.9 Å². The van der Waals surface area contributed by atoms with Crippen LogP contribution in [-0.2, 0) is 0 Å². The third kappa shape index (κ3) is 3.49. The van der Waals surface area contributed by atoms with E-state index >= 15 is 0 Å². The maximum Gasteiger partial charge on any atom is 0.274 e. The van der Waals surface area contributed by atoms with Crippen molar-refractivity contribution in [1.29, 1.82) is 0 Å². The Morgan fingerprint density at radius 2 is 2.15 bits per heavy atom. The Hall–Kier alpha value is -2.96. The fourth-order valence-electron chi connectivity index (χ4n) is 3.19. The van der Waals surface area contributed by atoms with Crippen molar-refractivity contribution in [1.82, 2.24) is 24.7 Å². The highest BCUT2D eigenvalue weighted by Gasteiger charge is 2.30. The van der Waals surface area contributed by atoms with Gasteiger partial charge in [0.05, 0.1) is 18.0 Å². The number of carbonyl (C=O) groups is 1. The zero-order valence-corrected chi connectivity index (χ0v) is 15.8. The second-order valence-corrected chi connectivity index (χ2v) is 6.96. The van der Waals surface area contributed by atoms with Gasteiger partial charge in [0.25, 0.3) is 5.91 Å². The second-order valence-electron chi connectivity index (χ2n) is 6.96. The number of rotatable bonds is 6. The van der Waals surface area contributed by atoms with Gasteiger partial charge in [-0.1, -0.05) is 6.07 Å². The summed E-state index contributed by atoms with van der Waals surface area (Å²) >= 11 is 0. The summed E-state index contributed by atoms with van der Waals surface area (Å²) in [5.41, 5.74) is 3.19. The first-order valence-corrected chi connectivity index (χ1v) is 9.32. The highest BCUT2D eigenvalue weighted by molar-refractivity contribution is 5.98. The van der Waals surface area contributed by atoms with Crippen molar-refractivity contribution in [3.63, 3.8) is 0 Å². The van der Waals surface area contributed by atoms with Crippen LogP contribution in [-0.4, -0.2) is 37.9 Å². The van der Waals surface area contributed by atoms with E-state index in [9.17, 15) is 4.79 Å². The molecular formula is C20H23N5O2. The first-order chi connectivity index (χ1) is 13.1. The van der Waals surface area contributed by atoms with Gasteiger partial charge in [-0.25, -0.2) is 15.0 Å². The van der Waals surface area contributed by atoms with Crippen molar-refractivity contribution >= 4 is 11.6 Å². The van der Waals surface area contributed by atoms with Gasteiger partial charge in [-0.15, -0.1) is 0 Å². The van der Waals surface area contributed by atoms with Crippen LogP contribution in [0.25, 0.3) is 17.0 Å². The van der Waals surface area contributed by atoms with E-state index in [0.717, 1.165) is 5.69 Å². The molecule has 0 aliphatic heterocycles. The van der Waals surface area contributed by atoms with E-state index in [2.05, 4.69) is 20.3 Å². The molecule has 0 radical (unpaired) electrons. The highest BCUT2D eigenvalue weighted by Crippen LogP contribution is 2.32. The van der Waals surface area contributed by atoms with Gasteiger partial charge in [0.15, 0.2) is 11.3 Å². The minimum Gasteiger partial charge on any atom is -0.478 e. The summed E-state index contributed by atoms with van der Waals surface area (Å²) < 4.78 is 7.31. The molecule has 0 saturated heterocycles. The average Bonchev–Trinajstić information content (AvgIpc) is 3.41. The summed E-state index contributed by atoms with van der Waals surface area (Å²) in [7, 11) is 0. The number of hydrogen-bond acceptors (Lipinski definition) is 5. The standard InChI is InChI=1S/C20H23N5O2/c1-4-27-17-7-5-6-15(23-17)16-10-12(2)25-11-21-18(19(25)24-16)20(26)22-13(3)14-8-9-14/h5-7,10-11,13-14H,4,8-9H2,1-3H3,(H,22,26)/t13-/m0/s1. The molecule has 3 aromatic heterocycles. The van der Waals surface area contributed by atoms with Crippen LogP contribution < -0.4 is 10.1 Å². The molecule has 0 unspecified atom stereocenters. The average molecular weight is 365 g/mol. The Morgan fingerprint density at radius 1 is 1.33 bits per heavy atom. The lowest BCUT2D eigenvalue weighted by Gasteiger charge is -2.12. The molecule has 7 nitrogen and oxygen atoms in total. The van der Waals surface area contributed by atoms with Crippen LogP contribution >= 0.6 is 0 Å². The number of aromatic nitrogens is 4. The maximum atomic E-state index is 12.7. The van der Waals surface area contributed by atoms with Crippen molar-refractivity contribution in [2.45, 2.75) is 39.7 Å². The van der Waals surface area contributed by atoms with E-state index in [0.29, 0.717) is 41.1 Å². The van der Waals surface area contributed by atoms with Gasteiger partial charge >= 0.3 is 0 Å². The smallest absolute Gasteiger partial charge is 0.274 e. The van der Waals surface area contributed by atoms with Gasteiger partial charge in [0.1, 0.15) is 6.33 Å². The molecule has 1 aliphatic carbocycles. The van der Waals surface area contributed by atoms with Gasteiger partial charge in [-0.05, 0) is 51.7 Å². The predicted octanol–water partition coefficient (Wildman–Crippen LogP) is 3.03. The molecular weight excluding hydrogens is 342 g/mol. The van der Waals surface area contributed by atoms with Crippen molar-refractivity contribution in [2.75, 3.05) is 6.61 Å². The van der Waals surface area contributed by atoms with E-state index in [4.69, 9.17) is 4.74 Å². The summed E-state index contributed by atoms with van der Waals surface area (Å²) in [6.07, 6.45) is 3.99. The lowest BCUT2D eigenvalue weighted by Crippen LogP contribution is -2.34. The lowest BCUT2D eigenvalue weighted by molar-refractivity contribution is 0.0933.